The van der Waals surface area contributed by atoms with Crippen LogP contribution in [0, 0.1) is 13.8 Å². The summed E-state index contributed by atoms with van der Waals surface area (Å²) in [4.78, 5) is 2.40. The quantitative estimate of drug-likeness (QED) is 0.791. The number of aryl methyl sites for hydroxylation is 2. The van der Waals surface area contributed by atoms with Crippen LogP contribution in [0.3, 0.4) is 0 Å². The van der Waals surface area contributed by atoms with E-state index in [2.05, 4.69) is 34.3 Å². The van der Waals surface area contributed by atoms with Crippen LogP contribution < -0.4 is 4.90 Å². The van der Waals surface area contributed by atoms with Crippen molar-refractivity contribution in [3.05, 3.63) is 46.8 Å². The Labute approximate surface area is 101 Å². The molecule has 3 heteroatoms. The van der Waals surface area contributed by atoms with Crippen LogP contribution in [0.2, 0.25) is 0 Å². The summed E-state index contributed by atoms with van der Waals surface area (Å²) in [5.41, 5.74) is 5.03. The van der Waals surface area contributed by atoms with Gasteiger partial charge in [0.1, 0.15) is 5.76 Å². The standard InChI is InChI=1S/C14H16N2O/c1-10-13(11(2)17-15-10)9-16-8-7-12-5-3-4-6-14(12)16/h3-6H,7-9H2,1-2H3. The number of aromatic nitrogens is 1. The predicted octanol–water partition coefficient (Wildman–Crippen LogP) is 2.85. The number of fused-ring (bicyclic) bond motifs is 1. The molecule has 0 saturated heterocycles. The van der Waals surface area contributed by atoms with Crippen molar-refractivity contribution in [3.63, 3.8) is 0 Å². The molecule has 1 aromatic carbocycles. The highest BCUT2D eigenvalue weighted by atomic mass is 16.5. The summed E-state index contributed by atoms with van der Waals surface area (Å²) in [5, 5.41) is 4.01. The Kier molecular flexibility index (Phi) is 2.39. The third kappa shape index (κ3) is 1.71. The molecule has 0 spiro atoms. The van der Waals surface area contributed by atoms with Crippen LogP contribution in [0.1, 0.15) is 22.6 Å². The first-order valence-electron chi connectivity index (χ1n) is 6.00. The Balaban J connectivity index is 1.89. The Bertz CT molecular complexity index is 525. The molecule has 3 rings (SSSR count). The van der Waals surface area contributed by atoms with Crippen LogP contribution in [0.15, 0.2) is 28.8 Å². The third-order valence-corrected chi connectivity index (χ3v) is 3.51. The number of para-hydroxylation sites is 1. The fourth-order valence-corrected chi connectivity index (χ4v) is 2.49. The highest BCUT2D eigenvalue weighted by Crippen LogP contribution is 2.29. The summed E-state index contributed by atoms with van der Waals surface area (Å²) in [6, 6.07) is 8.62. The minimum absolute atomic E-state index is 0.901. The van der Waals surface area contributed by atoms with E-state index in [4.69, 9.17) is 4.52 Å². The lowest BCUT2D eigenvalue weighted by atomic mass is 10.1. The van der Waals surface area contributed by atoms with Gasteiger partial charge in [0.15, 0.2) is 0 Å². The van der Waals surface area contributed by atoms with E-state index in [1.807, 2.05) is 13.8 Å². The first-order chi connectivity index (χ1) is 8.25. The number of hydrogen-bond donors (Lipinski definition) is 0. The number of nitrogens with zero attached hydrogens (tertiary/aromatic N) is 2. The van der Waals surface area contributed by atoms with Gasteiger partial charge in [-0.15, -0.1) is 0 Å². The summed E-state index contributed by atoms with van der Waals surface area (Å²) in [6.07, 6.45) is 1.14. The number of anilines is 1. The highest BCUT2D eigenvalue weighted by Gasteiger charge is 2.20. The number of benzene rings is 1. The molecule has 0 radical (unpaired) electrons. The lowest BCUT2D eigenvalue weighted by molar-refractivity contribution is 0.392. The molecule has 0 atom stereocenters. The van der Waals surface area contributed by atoms with E-state index in [-0.39, 0.29) is 0 Å². The molecular weight excluding hydrogens is 212 g/mol. The van der Waals surface area contributed by atoms with Gasteiger partial charge in [0.2, 0.25) is 0 Å². The van der Waals surface area contributed by atoms with E-state index in [9.17, 15) is 0 Å². The normalized spacial score (nSPS) is 14.1. The predicted molar refractivity (Wildman–Crippen MR) is 67.2 cm³/mol. The fraction of sp³-hybridized carbons (Fsp3) is 0.357. The Morgan fingerprint density at radius 1 is 1.29 bits per heavy atom. The van der Waals surface area contributed by atoms with Crippen molar-refractivity contribution in [1.82, 2.24) is 5.16 Å². The first-order valence-corrected chi connectivity index (χ1v) is 6.00. The van der Waals surface area contributed by atoms with E-state index in [1.54, 1.807) is 0 Å². The van der Waals surface area contributed by atoms with Crippen LogP contribution in [0.5, 0.6) is 0 Å². The van der Waals surface area contributed by atoms with Gasteiger partial charge in [-0.25, -0.2) is 0 Å². The minimum atomic E-state index is 0.901. The smallest absolute Gasteiger partial charge is 0.138 e. The lowest BCUT2D eigenvalue weighted by Gasteiger charge is -2.18. The Hall–Kier alpha value is -1.77. The maximum absolute atomic E-state index is 5.22. The second-order valence-electron chi connectivity index (χ2n) is 4.60. The van der Waals surface area contributed by atoms with Crippen molar-refractivity contribution in [2.75, 3.05) is 11.4 Å². The summed E-state index contributed by atoms with van der Waals surface area (Å²) >= 11 is 0. The number of hydrogen-bond acceptors (Lipinski definition) is 3. The van der Waals surface area contributed by atoms with Crippen molar-refractivity contribution in [1.29, 1.82) is 0 Å². The minimum Gasteiger partial charge on any atom is -0.366 e. The maximum atomic E-state index is 5.22. The Morgan fingerprint density at radius 2 is 2.12 bits per heavy atom. The van der Waals surface area contributed by atoms with Gasteiger partial charge >= 0.3 is 0 Å². The molecule has 0 saturated carbocycles. The zero-order valence-corrected chi connectivity index (χ0v) is 10.2. The molecule has 0 unspecified atom stereocenters. The van der Waals surface area contributed by atoms with E-state index >= 15 is 0 Å². The molecule has 1 aliphatic heterocycles. The largest absolute Gasteiger partial charge is 0.366 e. The third-order valence-electron chi connectivity index (χ3n) is 3.51. The molecular formula is C14H16N2O. The molecule has 0 aliphatic carbocycles. The van der Waals surface area contributed by atoms with E-state index in [0.717, 1.165) is 31.0 Å². The molecule has 17 heavy (non-hydrogen) atoms. The van der Waals surface area contributed by atoms with E-state index in [1.165, 1.54) is 16.8 Å². The van der Waals surface area contributed by atoms with Gasteiger partial charge in [-0.3, -0.25) is 0 Å². The van der Waals surface area contributed by atoms with Gasteiger partial charge in [-0.1, -0.05) is 23.4 Å². The molecule has 88 valence electrons. The molecule has 0 amide bonds. The van der Waals surface area contributed by atoms with E-state index in [0.29, 0.717) is 0 Å². The maximum Gasteiger partial charge on any atom is 0.138 e. The summed E-state index contributed by atoms with van der Waals surface area (Å²) < 4.78 is 5.22. The summed E-state index contributed by atoms with van der Waals surface area (Å²) in [5.74, 6) is 0.937. The lowest BCUT2D eigenvalue weighted by Crippen LogP contribution is -2.20. The fourth-order valence-electron chi connectivity index (χ4n) is 2.49. The number of rotatable bonds is 2. The second-order valence-corrected chi connectivity index (χ2v) is 4.60. The summed E-state index contributed by atoms with van der Waals surface area (Å²) in [6.45, 7) is 5.98. The van der Waals surface area contributed by atoms with Gasteiger partial charge < -0.3 is 9.42 Å². The highest BCUT2D eigenvalue weighted by molar-refractivity contribution is 5.58. The van der Waals surface area contributed by atoms with Crippen molar-refractivity contribution < 1.29 is 4.52 Å². The van der Waals surface area contributed by atoms with Crippen LogP contribution in [-0.4, -0.2) is 11.7 Å². The van der Waals surface area contributed by atoms with Crippen LogP contribution in [0.25, 0.3) is 0 Å². The van der Waals surface area contributed by atoms with Crippen LogP contribution in [-0.2, 0) is 13.0 Å². The van der Waals surface area contributed by atoms with Gasteiger partial charge in [0.25, 0.3) is 0 Å². The van der Waals surface area contributed by atoms with Crippen molar-refractivity contribution in [3.8, 4) is 0 Å². The van der Waals surface area contributed by atoms with Gasteiger partial charge in [-0.05, 0) is 31.9 Å². The van der Waals surface area contributed by atoms with E-state index < -0.39 is 0 Å². The molecule has 0 bridgehead atoms. The zero-order chi connectivity index (χ0) is 11.8. The molecule has 1 aromatic heterocycles. The monoisotopic (exact) mass is 228 g/mol. The average molecular weight is 228 g/mol. The topological polar surface area (TPSA) is 29.3 Å². The van der Waals surface area contributed by atoms with Crippen molar-refractivity contribution >= 4 is 5.69 Å². The van der Waals surface area contributed by atoms with Gasteiger partial charge in [0, 0.05) is 24.3 Å². The van der Waals surface area contributed by atoms with Crippen LogP contribution >= 0.6 is 0 Å². The first kappa shape index (κ1) is 10.4. The molecule has 3 nitrogen and oxygen atoms in total. The zero-order valence-electron chi connectivity index (χ0n) is 10.2. The molecule has 0 N–H and O–H groups in total. The van der Waals surface area contributed by atoms with Crippen molar-refractivity contribution in [2.24, 2.45) is 0 Å². The molecule has 2 heterocycles. The Morgan fingerprint density at radius 3 is 2.88 bits per heavy atom. The van der Waals surface area contributed by atoms with Gasteiger partial charge in [-0.2, -0.15) is 0 Å². The van der Waals surface area contributed by atoms with Crippen molar-refractivity contribution in [2.45, 2.75) is 26.8 Å². The molecule has 1 aliphatic rings. The molecule has 0 fully saturated rings. The molecule has 2 aromatic rings. The SMILES string of the molecule is Cc1noc(C)c1CN1CCc2ccccc21. The van der Waals surface area contributed by atoms with Crippen LogP contribution in [0.4, 0.5) is 5.69 Å². The average Bonchev–Trinajstić information content (AvgIpc) is 2.88. The van der Waals surface area contributed by atoms with Gasteiger partial charge in [0.05, 0.1) is 5.69 Å². The summed E-state index contributed by atoms with van der Waals surface area (Å²) in [7, 11) is 0. The second kappa shape index (κ2) is 3.91.